The summed E-state index contributed by atoms with van der Waals surface area (Å²) in [5.74, 6) is 0.816. The Labute approximate surface area is 199 Å². The number of benzene rings is 1. The number of aromatic nitrogens is 5. The van der Waals surface area contributed by atoms with Crippen LogP contribution in [0, 0.1) is 6.92 Å². The number of pyridine rings is 1. The number of anilines is 1. The second kappa shape index (κ2) is 9.19. The molecular formula is C26H31N7O. The molecule has 0 radical (unpaired) electrons. The van der Waals surface area contributed by atoms with Gasteiger partial charge in [0.25, 0.3) is 0 Å². The lowest BCUT2D eigenvalue weighted by Gasteiger charge is -2.29. The van der Waals surface area contributed by atoms with Crippen LogP contribution in [-0.2, 0) is 11.3 Å². The number of hydrogen-bond donors (Lipinski definition) is 0. The first-order valence-electron chi connectivity index (χ1n) is 12.3. The predicted octanol–water partition coefficient (Wildman–Crippen LogP) is 3.52. The molecule has 2 fully saturated rings. The van der Waals surface area contributed by atoms with Gasteiger partial charge in [-0.2, -0.15) is 5.10 Å². The molecule has 0 aliphatic carbocycles. The molecule has 0 unspecified atom stereocenters. The van der Waals surface area contributed by atoms with Crippen molar-refractivity contribution in [1.29, 1.82) is 0 Å². The van der Waals surface area contributed by atoms with Gasteiger partial charge in [-0.15, -0.1) is 0 Å². The Hall–Kier alpha value is -3.23. The van der Waals surface area contributed by atoms with E-state index in [-0.39, 0.29) is 0 Å². The molecule has 4 aromatic rings. The number of ether oxygens (including phenoxy) is 1. The first kappa shape index (κ1) is 21.3. The van der Waals surface area contributed by atoms with E-state index < -0.39 is 0 Å². The Morgan fingerprint density at radius 1 is 0.971 bits per heavy atom. The van der Waals surface area contributed by atoms with Crippen molar-refractivity contribution in [3.63, 3.8) is 0 Å². The van der Waals surface area contributed by atoms with E-state index in [1.807, 2.05) is 17.2 Å². The smallest absolute Gasteiger partial charge is 0.164 e. The highest BCUT2D eigenvalue weighted by atomic mass is 16.5. The lowest BCUT2D eigenvalue weighted by atomic mass is 10.1. The van der Waals surface area contributed by atoms with E-state index in [2.05, 4.69) is 57.7 Å². The molecule has 0 amide bonds. The van der Waals surface area contributed by atoms with E-state index >= 15 is 0 Å². The van der Waals surface area contributed by atoms with Gasteiger partial charge in [-0.05, 0) is 45.0 Å². The first-order chi connectivity index (χ1) is 16.7. The van der Waals surface area contributed by atoms with E-state index in [4.69, 9.17) is 19.8 Å². The number of hydrogen-bond acceptors (Lipinski definition) is 6. The van der Waals surface area contributed by atoms with Crippen molar-refractivity contribution in [3.8, 4) is 17.1 Å². The standard InChI is InChI=1S/C26H31N7O/c1-20-5-4-6-21(17-20)22-7-10-33(29-22)24-18-23(31-13-15-34-16-14-31)25-26(28-24)32(19-27-25)12-11-30-8-2-3-9-30/h4-7,10,17-19H,2-3,8-9,11-16H2,1H3. The van der Waals surface area contributed by atoms with Crippen molar-refractivity contribution in [1.82, 2.24) is 29.2 Å². The van der Waals surface area contributed by atoms with Crippen molar-refractivity contribution in [2.45, 2.75) is 26.3 Å². The van der Waals surface area contributed by atoms with Crippen LogP contribution in [0.3, 0.4) is 0 Å². The first-order valence-corrected chi connectivity index (χ1v) is 12.3. The number of fused-ring (bicyclic) bond motifs is 1. The fourth-order valence-corrected chi connectivity index (χ4v) is 5.00. The summed E-state index contributed by atoms with van der Waals surface area (Å²) in [6, 6.07) is 12.6. The summed E-state index contributed by atoms with van der Waals surface area (Å²) in [6.45, 7) is 9.58. The van der Waals surface area contributed by atoms with Crippen LogP contribution in [0.4, 0.5) is 5.69 Å². The summed E-state index contributed by atoms with van der Waals surface area (Å²) in [5, 5.41) is 4.88. The second-order valence-corrected chi connectivity index (χ2v) is 9.27. The number of rotatable bonds is 6. The molecule has 8 nitrogen and oxygen atoms in total. The monoisotopic (exact) mass is 457 g/mol. The highest BCUT2D eigenvalue weighted by Crippen LogP contribution is 2.29. The Kier molecular flexibility index (Phi) is 5.76. The van der Waals surface area contributed by atoms with Crippen LogP contribution in [-0.4, -0.2) is 75.2 Å². The number of imidazole rings is 1. The van der Waals surface area contributed by atoms with Crippen LogP contribution in [0.25, 0.3) is 28.2 Å². The molecule has 2 aliphatic rings. The third-order valence-electron chi connectivity index (χ3n) is 6.88. The lowest BCUT2D eigenvalue weighted by molar-refractivity contribution is 0.123. The fraction of sp³-hybridized carbons (Fsp3) is 0.423. The van der Waals surface area contributed by atoms with Gasteiger partial charge >= 0.3 is 0 Å². The molecule has 0 atom stereocenters. The normalized spacial score (nSPS) is 17.1. The zero-order valence-corrected chi connectivity index (χ0v) is 19.7. The number of aryl methyl sites for hydroxylation is 1. The van der Waals surface area contributed by atoms with Crippen molar-refractivity contribution in [2.24, 2.45) is 0 Å². The zero-order chi connectivity index (χ0) is 22.9. The van der Waals surface area contributed by atoms with Crippen LogP contribution in [0.1, 0.15) is 18.4 Å². The van der Waals surface area contributed by atoms with E-state index in [9.17, 15) is 0 Å². The third kappa shape index (κ3) is 4.19. The van der Waals surface area contributed by atoms with Gasteiger partial charge in [-0.25, -0.2) is 14.6 Å². The predicted molar refractivity (Wildman–Crippen MR) is 134 cm³/mol. The lowest BCUT2D eigenvalue weighted by Crippen LogP contribution is -2.36. The van der Waals surface area contributed by atoms with E-state index in [1.165, 1.54) is 31.5 Å². The Morgan fingerprint density at radius 2 is 1.82 bits per heavy atom. The minimum atomic E-state index is 0.730. The van der Waals surface area contributed by atoms with E-state index in [0.29, 0.717) is 0 Å². The molecule has 8 heteroatoms. The number of likely N-dealkylation sites (tertiary alicyclic amines) is 1. The van der Waals surface area contributed by atoms with Gasteiger partial charge in [0.05, 0.1) is 30.9 Å². The maximum Gasteiger partial charge on any atom is 0.164 e. The van der Waals surface area contributed by atoms with Gasteiger partial charge in [0.1, 0.15) is 5.52 Å². The van der Waals surface area contributed by atoms with Gasteiger partial charge in [-0.1, -0.05) is 23.8 Å². The van der Waals surface area contributed by atoms with Gasteiger partial charge in [0.2, 0.25) is 0 Å². The zero-order valence-electron chi connectivity index (χ0n) is 19.7. The summed E-state index contributed by atoms with van der Waals surface area (Å²) >= 11 is 0. The summed E-state index contributed by atoms with van der Waals surface area (Å²) < 4.78 is 9.69. The van der Waals surface area contributed by atoms with Crippen molar-refractivity contribution < 1.29 is 4.74 Å². The molecule has 2 saturated heterocycles. The van der Waals surface area contributed by atoms with Crippen LogP contribution in [0.2, 0.25) is 0 Å². The van der Waals surface area contributed by atoms with E-state index in [1.54, 1.807) is 0 Å². The molecule has 176 valence electrons. The molecule has 0 saturated carbocycles. The quantitative estimate of drug-likeness (QED) is 0.441. The summed E-state index contributed by atoms with van der Waals surface area (Å²) in [6.07, 6.45) is 6.55. The average Bonchev–Trinajstić information content (AvgIpc) is 3.64. The number of morpholine rings is 1. The Bertz CT molecular complexity index is 1280. The largest absolute Gasteiger partial charge is 0.378 e. The van der Waals surface area contributed by atoms with Crippen molar-refractivity contribution in [2.75, 3.05) is 50.8 Å². The van der Waals surface area contributed by atoms with Crippen LogP contribution >= 0.6 is 0 Å². The molecule has 3 aromatic heterocycles. The average molecular weight is 458 g/mol. The molecular weight excluding hydrogens is 426 g/mol. The maximum absolute atomic E-state index is 5.60. The molecule has 5 heterocycles. The Morgan fingerprint density at radius 3 is 2.65 bits per heavy atom. The Balaban J connectivity index is 1.39. The third-order valence-corrected chi connectivity index (χ3v) is 6.88. The van der Waals surface area contributed by atoms with Gasteiger partial charge < -0.3 is 19.1 Å². The number of nitrogens with zero attached hydrogens (tertiary/aromatic N) is 7. The summed E-state index contributed by atoms with van der Waals surface area (Å²) in [4.78, 5) is 14.8. The fourth-order valence-electron chi connectivity index (χ4n) is 5.00. The van der Waals surface area contributed by atoms with Gasteiger partial charge in [-0.3, -0.25) is 0 Å². The van der Waals surface area contributed by atoms with Gasteiger partial charge in [0.15, 0.2) is 11.5 Å². The summed E-state index contributed by atoms with van der Waals surface area (Å²) in [7, 11) is 0. The van der Waals surface area contributed by atoms with Gasteiger partial charge in [0, 0.05) is 44.0 Å². The maximum atomic E-state index is 5.60. The molecule has 0 bridgehead atoms. The SMILES string of the molecule is Cc1cccc(-c2ccn(-c3cc(N4CCOCC4)c4ncn(CCN5CCCC5)c4n3)n2)c1. The van der Waals surface area contributed by atoms with Crippen molar-refractivity contribution in [3.05, 3.63) is 54.5 Å². The topological polar surface area (TPSA) is 64.2 Å². The molecule has 34 heavy (non-hydrogen) atoms. The van der Waals surface area contributed by atoms with Crippen LogP contribution in [0.15, 0.2) is 48.9 Å². The van der Waals surface area contributed by atoms with Crippen LogP contribution in [0.5, 0.6) is 0 Å². The highest BCUT2D eigenvalue weighted by Gasteiger charge is 2.20. The summed E-state index contributed by atoms with van der Waals surface area (Å²) in [5.41, 5.74) is 6.27. The molecule has 0 N–H and O–H groups in total. The minimum absolute atomic E-state index is 0.730. The highest BCUT2D eigenvalue weighted by molar-refractivity contribution is 5.87. The molecule has 0 spiro atoms. The molecule has 1 aromatic carbocycles. The molecule has 2 aliphatic heterocycles. The van der Waals surface area contributed by atoms with Crippen LogP contribution < -0.4 is 4.90 Å². The molecule has 6 rings (SSSR count). The van der Waals surface area contributed by atoms with Crippen molar-refractivity contribution >= 4 is 16.9 Å². The minimum Gasteiger partial charge on any atom is -0.378 e. The second-order valence-electron chi connectivity index (χ2n) is 9.27. The van der Waals surface area contributed by atoms with E-state index in [0.717, 1.165) is 73.3 Å².